The SMILES string of the molecule is CCOC(=O)C(C)CS(=O)(=O)CCC(=O)OC. The van der Waals surface area contributed by atoms with Crippen LogP contribution in [0.2, 0.25) is 0 Å². The molecule has 1 unspecified atom stereocenters. The summed E-state index contributed by atoms with van der Waals surface area (Å²) in [6, 6.07) is 0. The van der Waals surface area contributed by atoms with Crippen LogP contribution >= 0.6 is 0 Å². The molecule has 0 fully saturated rings. The summed E-state index contributed by atoms with van der Waals surface area (Å²) in [5, 5.41) is 0. The van der Waals surface area contributed by atoms with Gasteiger partial charge in [0.05, 0.1) is 37.6 Å². The molecule has 0 saturated heterocycles. The summed E-state index contributed by atoms with van der Waals surface area (Å²) in [5.74, 6) is -2.49. The largest absolute Gasteiger partial charge is 0.469 e. The lowest BCUT2D eigenvalue weighted by atomic mass is 10.2. The number of hydrogen-bond donors (Lipinski definition) is 0. The van der Waals surface area contributed by atoms with Gasteiger partial charge in [0.2, 0.25) is 0 Å². The Morgan fingerprint density at radius 3 is 2.35 bits per heavy atom. The van der Waals surface area contributed by atoms with Crippen LogP contribution in [0, 0.1) is 5.92 Å². The van der Waals surface area contributed by atoms with Crippen LogP contribution in [-0.4, -0.2) is 45.6 Å². The number of esters is 2. The minimum atomic E-state index is -3.45. The third-order valence-electron chi connectivity index (χ3n) is 2.04. The number of ether oxygens (including phenoxy) is 2. The first-order valence-corrected chi connectivity index (χ1v) is 7.08. The first kappa shape index (κ1) is 15.9. The Balaban J connectivity index is 4.25. The molecule has 0 aliphatic heterocycles. The minimum Gasteiger partial charge on any atom is -0.469 e. The van der Waals surface area contributed by atoms with E-state index >= 15 is 0 Å². The molecule has 0 aromatic rings. The van der Waals surface area contributed by atoms with E-state index in [0.29, 0.717) is 0 Å². The Bertz CT molecular complexity index is 359. The van der Waals surface area contributed by atoms with Crippen molar-refractivity contribution in [2.24, 2.45) is 5.92 Å². The molecule has 17 heavy (non-hydrogen) atoms. The van der Waals surface area contributed by atoms with Crippen molar-refractivity contribution in [2.45, 2.75) is 20.3 Å². The molecule has 1 atom stereocenters. The molecule has 0 saturated carbocycles. The lowest BCUT2D eigenvalue weighted by Crippen LogP contribution is -2.25. The zero-order chi connectivity index (χ0) is 13.5. The van der Waals surface area contributed by atoms with E-state index in [1.165, 1.54) is 14.0 Å². The van der Waals surface area contributed by atoms with Crippen LogP contribution in [0.25, 0.3) is 0 Å². The molecular formula is C10H18O6S. The molecule has 6 nitrogen and oxygen atoms in total. The van der Waals surface area contributed by atoms with Crippen LogP contribution in [0.4, 0.5) is 0 Å². The quantitative estimate of drug-likeness (QED) is 0.610. The van der Waals surface area contributed by atoms with Crippen LogP contribution in [0.3, 0.4) is 0 Å². The molecule has 0 aliphatic rings. The first-order chi connectivity index (χ1) is 7.82. The molecule has 0 rings (SSSR count). The van der Waals surface area contributed by atoms with Gasteiger partial charge in [0.15, 0.2) is 9.84 Å². The fourth-order valence-electron chi connectivity index (χ4n) is 1.16. The minimum absolute atomic E-state index is 0.200. The molecule has 0 bridgehead atoms. The van der Waals surface area contributed by atoms with Gasteiger partial charge >= 0.3 is 11.9 Å². The maximum atomic E-state index is 11.6. The highest BCUT2D eigenvalue weighted by molar-refractivity contribution is 7.91. The summed E-state index contributed by atoms with van der Waals surface area (Å²) >= 11 is 0. The zero-order valence-electron chi connectivity index (χ0n) is 10.3. The van der Waals surface area contributed by atoms with Gasteiger partial charge in [0, 0.05) is 0 Å². The molecule has 0 amide bonds. The van der Waals surface area contributed by atoms with Gasteiger partial charge in [-0.15, -0.1) is 0 Å². The molecular weight excluding hydrogens is 248 g/mol. The predicted molar refractivity (Wildman–Crippen MR) is 61.1 cm³/mol. The third kappa shape index (κ3) is 6.93. The van der Waals surface area contributed by atoms with Crippen molar-refractivity contribution < 1.29 is 27.5 Å². The fraction of sp³-hybridized carbons (Fsp3) is 0.800. The van der Waals surface area contributed by atoms with Gasteiger partial charge in [-0.25, -0.2) is 8.42 Å². The molecule has 0 N–H and O–H groups in total. The summed E-state index contributed by atoms with van der Waals surface area (Å²) in [4.78, 5) is 22.0. The Labute approximate surface area is 101 Å². The van der Waals surface area contributed by atoms with E-state index in [0.717, 1.165) is 0 Å². The Morgan fingerprint density at radius 1 is 1.29 bits per heavy atom. The number of carbonyl (C=O) groups excluding carboxylic acids is 2. The maximum Gasteiger partial charge on any atom is 0.309 e. The van der Waals surface area contributed by atoms with Crippen LogP contribution in [-0.2, 0) is 28.9 Å². The van der Waals surface area contributed by atoms with Gasteiger partial charge < -0.3 is 9.47 Å². The van der Waals surface area contributed by atoms with Gasteiger partial charge in [-0.05, 0) is 6.92 Å². The molecule has 0 aromatic carbocycles. The van der Waals surface area contributed by atoms with Crippen molar-refractivity contribution in [2.75, 3.05) is 25.2 Å². The summed E-state index contributed by atoms with van der Waals surface area (Å²) in [6.07, 6.45) is -0.200. The van der Waals surface area contributed by atoms with E-state index in [1.807, 2.05) is 0 Å². The van der Waals surface area contributed by atoms with Crippen LogP contribution in [0.1, 0.15) is 20.3 Å². The number of rotatable bonds is 7. The van der Waals surface area contributed by atoms with Gasteiger partial charge in [0.25, 0.3) is 0 Å². The van der Waals surface area contributed by atoms with Crippen LogP contribution in [0.15, 0.2) is 0 Å². The molecule has 7 heteroatoms. The van der Waals surface area contributed by atoms with Crippen molar-refractivity contribution in [3.05, 3.63) is 0 Å². The van der Waals surface area contributed by atoms with Crippen molar-refractivity contribution >= 4 is 21.8 Å². The average Bonchev–Trinajstić information content (AvgIpc) is 2.25. The number of sulfone groups is 1. The highest BCUT2D eigenvalue weighted by Gasteiger charge is 2.23. The van der Waals surface area contributed by atoms with E-state index in [1.54, 1.807) is 6.92 Å². The standard InChI is InChI=1S/C10H18O6S/c1-4-16-10(12)8(2)7-17(13,14)6-5-9(11)15-3/h8H,4-7H2,1-3H3. The first-order valence-electron chi connectivity index (χ1n) is 5.26. The van der Waals surface area contributed by atoms with Crippen molar-refractivity contribution in [1.82, 2.24) is 0 Å². The lowest BCUT2D eigenvalue weighted by Gasteiger charge is -2.10. The van der Waals surface area contributed by atoms with Crippen LogP contribution in [0.5, 0.6) is 0 Å². The van der Waals surface area contributed by atoms with E-state index < -0.39 is 27.7 Å². The van der Waals surface area contributed by atoms with E-state index in [-0.39, 0.29) is 24.5 Å². The van der Waals surface area contributed by atoms with Gasteiger partial charge in [-0.2, -0.15) is 0 Å². The summed E-state index contributed by atoms with van der Waals surface area (Å²) < 4.78 is 32.2. The molecule has 0 aliphatic carbocycles. The van der Waals surface area contributed by atoms with E-state index in [9.17, 15) is 18.0 Å². The molecule has 0 radical (unpaired) electrons. The zero-order valence-corrected chi connectivity index (χ0v) is 11.1. The number of carbonyl (C=O) groups is 2. The Hall–Kier alpha value is -1.11. The second kappa shape index (κ2) is 7.26. The molecule has 0 aromatic heterocycles. The normalized spacial score (nSPS) is 12.9. The van der Waals surface area contributed by atoms with E-state index in [2.05, 4.69) is 4.74 Å². The van der Waals surface area contributed by atoms with Crippen LogP contribution < -0.4 is 0 Å². The summed E-state index contributed by atoms with van der Waals surface area (Å²) in [7, 11) is -2.26. The van der Waals surface area contributed by atoms with Crippen molar-refractivity contribution in [3.8, 4) is 0 Å². The van der Waals surface area contributed by atoms with Crippen molar-refractivity contribution in [1.29, 1.82) is 0 Å². The topological polar surface area (TPSA) is 86.7 Å². The summed E-state index contributed by atoms with van der Waals surface area (Å²) in [6.45, 7) is 3.34. The summed E-state index contributed by atoms with van der Waals surface area (Å²) in [5.41, 5.74) is 0. The maximum absolute atomic E-state index is 11.6. The van der Waals surface area contributed by atoms with Gasteiger partial charge in [-0.1, -0.05) is 6.92 Å². The second-order valence-electron chi connectivity index (χ2n) is 3.59. The highest BCUT2D eigenvalue weighted by Crippen LogP contribution is 2.06. The Kier molecular flexibility index (Phi) is 6.79. The predicted octanol–water partition coefficient (Wildman–Crippen LogP) is 0.163. The molecule has 0 spiro atoms. The highest BCUT2D eigenvalue weighted by atomic mass is 32.2. The number of hydrogen-bond acceptors (Lipinski definition) is 6. The lowest BCUT2D eigenvalue weighted by molar-refractivity contribution is -0.146. The smallest absolute Gasteiger partial charge is 0.309 e. The third-order valence-corrected chi connectivity index (χ3v) is 3.87. The van der Waals surface area contributed by atoms with Gasteiger partial charge in [0.1, 0.15) is 0 Å². The molecule has 100 valence electrons. The molecule has 0 heterocycles. The fourth-order valence-corrected chi connectivity index (χ4v) is 2.70. The Morgan fingerprint density at radius 2 is 1.88 bits per heavy atom. The average molecular weight is 266 g/mol. The second-order valence-corrected chi connectivity index (χ2v) is 5.82. The van der Waals surface area contributed by atoms with E-state index in [4.69, 9.17) is 4.74 Å². The number of methoxy groups -OCH3 is 1. The monoisotopic (exact) mass is 266 g/mol. The van der Waals surface area contributed by atoms with Crippen molar-refractivity contribution in [3.63, 3.8) is 0 Å². The van der Waals surface area contributed by atoms with Gasteiger partial charge in [-0.3, -0.25) is 9.59 Å².